The van der Waals surface area contributed by atoms with Crippen LogP contribution in [0.5, 0.6) is 0 Å². The highest BCUT2D eigenvalue weighted by atomic mass is 35.5. The summed E-state index contributed by atoms with van der Waals surface area (Å²) in [5.74, 6) is 0.515. The van der Waals surface area contributed by atoms with E-state index in [0.29, 0.717) is 18.0 Å². The van der Waals surface area contributed by atoms with Crippen LogP contribution in [0.25, 0.3) is 0 Å². The number of rotatable bonds is 4. The van der Waals surface area contributed by atoms with Crippen molar-refractivity contribution in [3.05, 3.63) is 34.9 Å². The molecule has 1 aliphatic heterocycles. The Kier molecular flexibility index (Phi) is 5.04. The van der Waals surface area contributed by atoms with Crippen molar-refractivity contribution in [2.75, 3.05) is 13.2 Å². The van der Waals surface area contributed by atoms with Crippen molar-refractivity contribution in [2.24, 2.45) is 5.92 Å². The van der Waals surface area contributed by atoms with Gasteiger partial charge in [-0.1, -0.05) is 43.6 Å². The lowest BCUT2D eigenvalue weighted by molar-refractivity contribution is 0.0300. The summed E-state index contributed by atoms with van der Waals surface area (Å²) in [5, 5.41) is 4.52. The van der Waals surface area contributed by atoms with Gasteiger partial charge in [0.1, 0.15) is 0 Å². The second kappa shape index (κ2) is 6.55. The average Bonchev–Trinajstić information content (AvgIpc) is 2.34. The molecule has 1 heterocycles. The standard InChI is InChI=1S/C15H22ClNO/c1-11(2)17-15-7-8-18-10-13(15)9-12-5-3-4-6-14(12)16/h3-6,11,13,15,17H,7-10H2,1-2H3/t13-,15+/m0/s1. The molecule has 1 aliphatic rings. The molecule has 2 rings (SSSR count). The first-order valence-electron chi connectivity index (χ1n) is 6.74. The van der Waals surface area contributed by atoms with Crippen molar-refractivity contribution in [3.8, 4) is 0 Å². The van der Waals surface area contributed by atoms with Gasteiger partial charge in [0.25, 0.3) is 0 Å². The molecule has 1 aromatic rings. The fraction of sp³-hybridized carbons (Fsp3) is 0.600. The minimum Gasteiger partial charge on any atom is -0.381 e. The molecule has 1 saturated heterocycles. The van der Waals surface area contributed by atoms with Crippen LogP contribution < -0.4 is 5.32 Å². The predicted molar refractivity (Wildman–Crippen MR) is 76.1 cm³/mol. The van der Waals surface area contributed by atoms with Crippen LogP contribution in [0, 0.1) is 5.92 Å². The molecular weight excluding hydrogens is 246 g/mol. The Bertz CT molecular complexity index is 381. The number of nitrogens with one attached hydrogen (secondary N) is 1. The van der Waals surface area contributed by atoms with Crippen LogP contribution in [0.2, 0.25) is 5.02 Å². The maximum Gasteiger partial charge on any atom is 0.0512 e. The number of benzene rings is 1. The number of ether oxygens (including phenoxy) is 1. The summed E-state index contributed by atoms with van der Waals surface area (Å²) in [5.41, 5.74) is 1.23. The van der Waals surface area contributed by atoms with Crippen molar-refractivity contribution in [2.45, 2.75) is 38.8 Å². The van der Waals surface area contributed by atoms with E-state index in [-0.39, 0.29) is 0 Å². The Morgan fingerprint density at radius 1 is 1.39 bits per heavy atom. The summed E-state index contributed by atoms with van der Waals surface area (Å²) in [4.78, 5) is 0. The first kappa shape index (κ1) is 13.9. The fourth-order valence-electron chi connectivity index (χ4n) is 2.59. The van der Waals surface area contributed by atoms with E-state index in [2.05, 4.69) is 31.3 Å². The van der Waals surface area contributed by atoms with Gasteiger partial charge in [-0.3, -0.25) is 0 Å². The normalized spacial score (nSPS) is 24.4. The zero-order chi connectivity index (χ0) is 13.0. The van der Waals surface area contributed by atoms with Gasteiger partial charge in [0.15, 0.2) is 0 Å². The quantitative estimate of drug-likeness (QED) is 0.904. The highest BCUT2D eigenvalue weighted by molar-refractivity contribution is 6.31. The second-order valence-electron chi connectivity index (χ2n) is 5.35. The molecule has 0 spiro atoms. The summed E-state index contributed by atoms with van der Waals surface area (Å²) in [6.07, 6.45) is 2.08. The molecule has 0 saturated carbocycles. The third-order valence-corrected chi connectivity index (χ3v) is 3.83. The zero-order valence-electron chi connectivity index (χ0n) is 11.2. The summed E-state index contributed by atoms with van der Waals surface area (Å²) < 4.78 is 5.62. The Morgan fingerprint density at radius 2 is 2.17 bits per heavy atom. The zero-order valence-corrected chi connectivity index (χ0v) is 11.9. The molecule has 0 aromatic heterocycles. The lowest BCUT2D eigenvalue weighted by atomic mass is 9.89. The van der Waals surface area contributed by atoms with Gasteiger partial charge in [0.2, 0.25) is 0 Å². The third kappa shape index (κ3) is 3.71. The van der Waals surface area contributed by atoms with E-state index in [1.807, 2.05) is 12.1 Å². The SMILES string of the molecule is CC(C)N[C@@H]1CCOC[C@@H]1Cc1ccccc1Cl. The van der Waals surface area contributed by atoms with E-state index in [1.54, 1.807) is 0 Å². The Morgan fingerprint density at radius 3 is 2.89 bits per heavy atom. The van der Waals surface area contributed by atoms with Crippen LogP contribution in [-0.2, 0) is 11.2 Å². The molecule has 2 atom stereocenters. The van der Waals surface area contributed by atoms with Crippen molar-refractivity contribution in [1.82, 2.24) is 5.32 Å². The van der Waals surface area contributed by atoms with Crippen LogP contribution in [0.3, 0.4) is 0 Å². The molecule has 0 bridgehead atoms. The number of hydrogen-bond acceptors (Lipinski definition) is 2. The molecule has 0 unspecified atom stereocenters. The smallest absolute Gasteiger partial charge is 0.0512 e. The average molecular weight is 268 g/mol. The monoisotopic (exact) mass is 267 g/mol. The largest absolute Gasteiger partial charge is 0.381 e. The van der Waals surface area contributed by atoms with Gasteiger partial charge in [-0.25, -0.2) is 0 Å². The number of hydrogen-bond donors (Lipinski definition) is 1. The Hall–Kier alpha value is -0.570. The maximum absolute atomic E-state index is 6.24. The summed E-state index contributed by atoms with van der Waals surface area (Å²) in [6.45, 7) is 6.09. The lowest BCUT2D eigenvalue weighted by Gasteiger charge is -2.34. The summed E-state index contributed by atoms with van der Waals surface area (Å²) in [6, 6.07) is 9.16. The second-order valence-corrected chi connectivity index (χ2v) is 5.75. The van der Waals surface area contributed by atoms with Crippen molar-refractivity contribution in [3.63, 3.8) is 0 Å². The highest BCUT2D eigenvalue weighted by Crippen LogP contribution is 2.24. The molecule has 0 amide bonds. The minimum atomic E-state index is 0.515. The van der Waals surface area contributed by atoms with Crippen LogP contribution in [0.1, 0.15) is 25.8 Å². The molecule has 2 nitrogen and oxygen atoms in total. The van der Waals surface area contributed by atoms with Gasteiger partial charge < -0.3 is 10.1 Å². The van der Waals surface area contributed by atoms with Gasteiger partial charge in [-0.15, -0.1) is 0 Å². The maximum atomic E-state index is 6.24. The van der Waals surface area contributed by atoms with Crippen molar-refractivity contribution in [1.29, 1.82) is 0 Å². The summed E-state index contributed by atoms with van der Waals surface area (Å²) in [7, 11) is 0. The fourth-order valence-corrected chi connectivity index (χ4v) is 2.80. The Balaban J connectivity index is 2.03. The van der Waals surface area contributed by atoms with Crippen LogP contribution >= 0.6 is 11.6 Å². The molecule has 1 aromatic carbocycles. The summed E-state index contributed by atoms with van der Waals surface area (Å²) >= 11 is 6.24. The van der Waals surface area contributed by atoms with E-state index in [9.17, 15) is 0 Å². The van der Waals surface area contributed by atoms with E-state index in [1.165, 1.54) is 5.56 Å². The van der Waals surface area contributed by atoms with Gasteiger partial charge in [0, 0.05) is 29.6 Å². The molecule has 1 N–H and O–H groups in total. The van der Waals surface area contributed by atoms with Crippen molar-refractivity contribution < 1.29 is 4.74 Å². The van der Waals surface area contributed by atoms with Gasteiger partial charge in [0.05, 0.1) is 6.61 Å². The molecule has 100 valence electrons. The molecule has 0 aliphatic carbocycles. The van der Waals surface area contributed by atoms with Crippen molar-refractivity contribution >= 4 is 11.6 Å². The van der Waals surface area contributed by atoms with E-state index >= 15 is 0 Å². The molecule has 18 heavy (non-hydrogen) atoms. The van der Waals surface area contributed by atoms with Crippen LogP contribution in [-0.4, -0.2) is 25.3 Å². The molecule has 3 heteroatoms. The van der Waals surface area contributed by atoms with Gasteiger partial charge >= 0.3 is 0 Å². The van der Waals surface area contributed by atoms with E-state index in [4.69, 9.17) is 16.3 Å². The lowest BCUT2D eigenvalue weighted by Crippen LogP contribution is -2.46. The molecule has 0 radical (unpaired) electrons. The highest BCUT2D eigenvalue weighted by Gasteiger charge is 2.26. The van der Waals surface area contributed by atoms with Crippen LogP contribution in [0.15, 0.2) is 24.3 Å². The topological polar surface area (TPSA) is 21.3 Å². The third-order valence-electron chi connectivity index (χ3n) is 3.46. The van der Waals surface area contributed by atoms with Gasteiger partial charge in [-0.2, -0.15) is 0 Å². The van der Waals surface area contributed by atoms with E-state index < -0.39 is 0 Å². The first-order chi connectivity index (χ1) is 8.66. The molecular formula is C15H22ClNO. The first-order valence-corrected chi connectivity index (χ1v) is 7.12. The number of halogens is 1. The molecule has 1 fully saturated rings. The minimum absolute atomic E-state index is 0.515. The van der Waals surface area contributed by atoms with Crippen LogP contribution in [0.4, 0.5) is 0 Å². The van der Waals surface area contributed by atoms with Gasteiger partial charge in [-0.05, 0) is 24.5 Å². The predicted octanol–water partition coefficient (Wildman–Crippen LogP) is 3.29. The van der Waals surface area contributed by atoms with E-state index in [0.717, 1.165) is 31.1 Å². The Labute approximate surface area is 115 Å².